The quantitative estimate of drug-likeness (QED) is 0.744. The van der Waals surface area contributed by atoms with E-state index in [1.165, 1.54) is 60.0 Å². The fourth-order valence-corrected chi connectivity index (χ4v) is 4.28. The van der Waals surface area contributed by atoms with Crippen LogP contribution in [0.2, 0.25) is 0 Å². The maximum absolute atomic E-state index is 3.78. The molecule has 2 aliphatic carbocycles. The first kappa shape index (κ1) is 13.9. The monoisotopic (exact) mass is 291 g/mol. The van der Waals surface area contributed by atoms with Crippen LogP contribution in [0.25, 0.3) is 11.1 Å². The molecule has 0 spiro atoms. The lowest BCUT2D eigenvalue weighted by Crippen LogP contribution is -2.22. The van der Waals surface area contributed by atoms with Crippen LogP contribution >= 0.6 is 0 Å². The van der Waals surface area contributed by atoms with Gasteiger partial charge >= 0.3 is 0 Å². The van der Waals surface area contributed by atoms with E-state index in [4.69, 9.17) is 0 Å². The maximum Gasteiger partial charge on any atom is 0.0345 e. The minimum Gasteiger partial charge on any atom is -0.382 e. The fourth-order valence-electron chi connectivity index (χ4n) is 4.28. The molecule has 1 nitrogen and oxygen atoms in total. The van der Waals surface area contributed by atoms with Gasteiger partial charge in [-0.25, -0.2) is 0 Å². The summed E-state index contributed by atoms with van der Waals surface area (Å²) >= 11 is 0. The molecule has 0 aliphatic heterocycles. The normalized spacial score (nSPS) is 19.5. The molecular weight excluding hydrogens is 266 g/mol. The molecule has 1 saturated carbocycles. The number of benzene rings is 2. The highest BCUT2D eigenvalue weighted by Gasteiger charge is 2.35. The van der Waals surface area contributed by atoms with E-state index in [2.05, 4.69) is 61.6 Å². The molecule has 22 heavy (non-hydrogen) atoms. The van der Waals surface area contributed by atoms with Crippen molar-refractivity contribution < 1.29 is 0 Å². The minimum atomic E-state index is 0.107. The van der Waals surface area contributed by atoms with Gasteiger partial charge in [0.25, 0.3) is 0 Å². The number of anilines is 1. The summed E-state index contributed by atoms with van der Waals surface area (Å²) < 4.78 is 0. The van der Waals surface area contributed by atoms with E-state index in [-0.39, 0.29) is 5.41 Å². The van der Waals surface area contributed by atoms with Gasteiger partial charge in [0, 0.05) is 17.1 Å². The third-order valence-electron chi connectivity index (χ3n) is 5.56. The van der Waals surface area contributed by atoms with Gasteiger partial charge < -0.3 is 5.32 Å². The lowest BCUT2D eigenvalue weighted by Gasteiger charge is -2.26. The molecular formula is C21H25N. The van der Waals surface area contributed by atoms with Crippen molar-refractivity contribution in [1.29, 1.82) is 0 Å². The van der Waals surface area contributed by atoms with E-state index in [0.717, 1.165) is 0 Å². The van der Waals surface area contributed by atoms with Crippen LogP contribution in [0.1, 0.15) is 57.1 Å². The SMILES string of the molecule is CC1(C)c2ccccc2-c2ccc(NC3CCCCC3)cc21. The lowest BCUT2D eigenvalue weighted by molar-refractivity contribution is 0.462. The van der Waals surface area contributed by atoms with Gasteiger partial charge in [0.2, 0.25) is 0 Å². The van der Waals surface area contributed by atoms with E-state index >= 15 is 0 Å². The number of rotatable bonds is 2. The van der Waals surface area contributed by atoms with Crippen LogP contribution in [0.5, 0.6) is 0 Å². The molecule has 1 heteroatoms. The number of hydrogen-bond acceptors (Lipinski definition) is 1. The Bertz CT molecular complexity index is 693. The third kappa shape index (κ3) is 2.15. The van der Waals surface area contributed by atoms with Gasteiger partial charge in [0.15, 0.2) is 0 Å². The van der Waals surface area contributed by atoms with Crippen molar-refractivity contribution in [2.45, 2.75) is 57.4 Å². The zero-order chi connectivity index (χ0) is 15.2. The molecule has 0 aromatic heterocycles. The standard InChI is InChI=1S/C21H25N/c1-21(2)19-11-7-6-10-17(19)18-13-12-16(14-20(18)21)22-15-8-4-3-5-9-15/h6-7,10-15,22H,3-5,8-9H2,1-2H3. The summed E-state index contributed by atoms with van der Waals surface area (Å²) in [5, 5.41) is 3.78. The zero-order valence-electron chi connectivity index (χ0n) is 13.7. The van der Waals surface area contributed by atoms with E-state index < -0.39 is 0 Å². The van der Waals surface area contributed by atoms with Crippen LogP contribution in [0, 0.1) is 0 Å². The molecule has 2 aromatic rings. The van der Waals surface area contributed by atoms with E-state index in [0.29, 0.717) is 6.04 Å². The molecule has 0 saturated heterocycles. The Labute approximate surface area is 133 Å². The van der Waals surface area contributed by atoms with Crippen molar-refractivity contribution in [3.05, 3.63) is 53.6 Å². The van der Waals surface area contributed by atoms with Crippen molar-refractivity contribution in [2.75, 3.05) is 5.32 Å². The Kier molecular flexibility index (Phi) is 3.25. The van der Waals surface area contributed by atoms with E-state index in [1.54, 1.807) is 0 Å². The fraction of sp³-hybridized carbons (Fsp3) is 0.429. The first-order chi connectivity index (χ1) is 10.7. The molecule has 114 valence electrons. The first-order valence-electron chi connectivity index (χ1n) is 8.67. The van der Waals surface area contributed by atoms with Crippen LogP contribution in [0.4, 0.5) is 5.69 Å². The van der Waals surface area contributed by atoms with Gasteiger partial charge in [0.1, 0.15) is 0 Å². The molecule has 0 bridgehead atoms. The third-order valence-corrected chi connectivity index (χ3v) is 5.56. The average Bonchev–Trinajstić information content (AvgIpc) is 2.77. The van der Waals surface area contributed by atoms with Gasteiger partial charge in [0.05, 0.1) is 0 Å². The summed E-state index contributed by atoms with van der Waals surface area (Å²) in [6.07, 6.45) is 6.80. The van der Waals surface area contributed by atoms with Crippen LogP contribution in [-0.4, -0.2) is 6.04 Å². The summed E-state index contributed by atoms with van der Waals surface area (Å²) in [6.45, 7) is 4.70. The van der Waals surface area contributed by atoms with Crippen LogP contribution < -0.4 is 5.32 Å². The molecule has 2 aromatic carbocycles. The van der Waals surface area contributed by atoms with Gasteiger partial charge in [-0.1, -0.05) is 63.4 Å². The van der Waals surface area contributed by atoms with Gasteiger partial charge in [-0.15, -0.1) is 0 Å². The Morgan fingerprint density at radius 2 is 1.59 bits per heavy atom. The van der Waals surface area contributed by atoms with Crippen molar-refractivity contribution in [3.8, 4) is 11.1 Å². The molecule has 0 amide bonds. The highest BCUT2D eigenvalue weighted by atomic mass is 14.9. The summed E-state index contributed by atoms with van der Waals surface area (Å²) in [6, 6.07) is 16.5. The predicted molar refractivity (Wildman–Crippen MR) is 94.5 cm³/mol. The minimum absolute atomic E-state index is 0.107. The van der Waals surface area contributed by atoms with Crippen molar-refractivity contribution in [2.24, 2.45) is 0 Å². The van der Waals surface area contributed by atoms with Gasteiger partial charge in [-0.3, -0.25) is 0 Å². The summed E-state index contributed by atoms with van der Waals surface area (Å²) in [5.41, 5.74) is 7.15. The number of hydrogen-bond donors (Lipinski definition) is 1. The van der Waals surface area contributed by atoms with Crippen molar-refractivity contribution in [1.82, 2.24) is 0 Å². The Morgan fingerprint density at radius 3 is 2.41 bits per heavy atom. The summed E-state index contributed by atoms with van der Waals surface area (Å²) in [7, 11) is 0. The highest BCUT2D eigenvalue weighted by molar-refractivity contribution is 5.82. The molecule has 2 aliphatic rings. The second-order valence-electron chi connectivity index (χ2n) is 7.41. The Morgan fingerprint density at radius 1 is 0.864 bits per heavy atom. The lowest BCUT2D eigenvalue weighted by atomic mass is 9.82. The van der Waals surface area contributed by atoms with Crippen LogP contribution in [0.3, 0.4) is 0 Å². The maximum atomic E-state index is 3.78. The van der Waals surface area contributed by atoms with Gasteiger partial charge in [-0.2, -0.15) is 0 Å². The van der Waals surface area contributed by atoms with Gasteiger partial charge in [-0.05, 0) is 47.2 Å². The molecule has 0 radical (unpaired) electrons. The Hall–Kier alpha value is -1.76. The van der Waals surface area contributed by atoms with Crippen molar-refractivity contribution in [3.63, 3.8) is 0 Å². The van der Waals surface area contributed by atoms with Crippen LogP contribution in [0.15, 0.2) is 42.5 Å². The van der Waals surface area contributed by atoms with E-state index in [9.17, 15) is 0 Å². The zero-order valence-corrected chi connectivity index (χ0v) is 13.7. The Balaban J connectivity index is 1.69. The second kappa shape index (κ2) is 5.15. The first-order valence-corrected chi connectivity index (χ1v) is 8.67. The van der Waals surface area contributed by atoms with E-state index in [1.807, 2.05) is 0 Å². The summed E-state index contributed by atoms with van der Waals surface area (Å²) in [5.74, 6) is 0. The largest absolute Gasteiger partial charge is 0.382 e. The van der Waals surface area contributed by atoms with Crippen LogP contribution in [-0.2, 0) is 5.41 Å². The molecule has 1 N–H and O–H groups in total. The molecule has 0 atom stereocenters. The number of nitrogens with one attached hydrogen (secondary N) is 1. The molecule has 1 fully saturated rings. The second-order valence-corrected chi connectivity index (χ2v) is 7.41. The number of fused-ring (bicyclic) bond motifs is 3. The van der Waals surface area contributed by atoms with Crippen molar-refractivity contribution >= 4 is 5.69 Å². The summed E-state index contributed by atoms with van der Waals surface area (Å²) in [4.78, 5) is 0. The average molecular weight is 291 g/mol. The topological polar surface area (TPSA) is 12.0 Å². The molecule has 0 unspecified atom stereocenters. The highest BCUT2D eigenvalue weighted by Crippen LogP contribution is 2.49. The predicted octanol–water partition coefficient (Wildman–Crippen LogP) is 5.74. The molecule has 0 heterocycles. The molecule has 4 rings (SSSR count). The smallest absolute Gasteiger partial charge is 0.0345 e.